The van der Waals surface area contributed by atoms with E-state index in [0.29, 0.717) is 0 Å². The minimum Gasteiger partial charge on any atom is -0.506 e. The summed E-state index contributed by atoms with van der Waals surface area (Å²) in [6.45, 7) is 2.38. The number of nitrogens with zero attached hydrogens (tertiary/aromatic N) is 1. The van der Waals surface area contributed by atoms with E-state index in [1.807, 2.05) is 0 Å². The van der Waals surface area contributed by atoms with Crippen LogP contribution in [0.15, 0.2) is 26.9 Å². The van der Waals surface area contributed by atoms with Crippen molar-refractivity contribution >= 4 is 46.3 Å². The summed E-state index contributed by atoms with van der Waals surface area (Å²) in [5.74, 6) is -2.42. The topological polar surface area (TPSA) is 83.8 Å². The Bertz CT molecular complexity index is 558. The fourth-order valence-electron chi connectivity index (χ4n) is 1.62. The van der Waals surface area contributed by atoms with Crippen molar-refractivity contribution in [3.63, 3.8) is 0 Å². The van der Waals surface area contributed by atoms with Gasteiger partial charge in [-0.2, -0.15) is 0 Å². The molecule has 0 aromatic rings. The van der Waals surface area contributed by atoms with Crippen LogP contribution in [0.2, 0.25) is 0 Å². The molecule has 0 aliphatic heterocycles. The Morgan fingerprint density at radius 1 is 1.21 bits per heavy atom. The quantitative estimate of drug-likeness (QED) is 0.487. The van der Waals surface area contributed by atoms with E-state index in [0.717, 1.165) is 13.8 Å². The fraction of sp³-hybridized carbons (Fsp3) is 0.333. The van der Waals surface area contributed by atoms with Gasteiger partial charge >= 0.3 is 0 Å². The molecule has 0 heterocycles. The Morgan fingerprint density at radius 2 is 1.74 bits per heavy atom. The molecule has 0 saturated carbocycles. The van der Waals surface area contributed by atoms with Crippen molar-refractivity contribution < 1.29 is 19.5 Å². The average molecular weight is 304 g/mol. The van der Waals surface area contributed by atoms with Crippen molar-refractivity contribution in [3.8, 4) is 0 Å². The lowest BCUT2D eigenvalue weighted by Gasteiger charge is -2.17. The van der Waals surface area contributed by atoms with Gasteiger partial charge in [0.05, 0.1) is 22.7 Å². The van der Waals surface area contributed by atoms with Crippen LogP contribution in [-0.4, -0.2) is 40.6 Å². The first kappa shape index (κ1) is 15.6. The Labute approximate surface area is 119 Å². The summed E-state index contributed by atoms with van der Waals surface area (Å²) >= 11 is 11.2. The number of Topliss-reactive ketones (excluding diaryl/α,β-unsaturated/α-hetero) is 3. The smallest absolute Gasteiger partial charge is 0.217 e. The first-order valence-corrected chi connectivity index (χ1v) is 6.24. The minimum atomic E-state index is -0.773. The van der Waals surface area contributed by atoms with Gasteiger partial charge in [0.25, 0.3) is 0 Å². The minimum absolute atomic E-state index is 0.0789. The maximum absolute atomic E-state index is 12.1. The Morgan fingerprint density at radius 3 is 2.16 bits per heavy atom. The second-order valence-electron chi connectivity index (χ2n) is 3.77. The van der Waals surface area contributed by atoms with Crippen LogP contribution in [0.25, 0.3) is 0 Å². The first-order valence-electron chi connectivity index (χ1n) is 5.33. The summed E-state index contributed by atoms with van der Waals surface area (Å²) in [6, 6.07) is 0. The van der Waals surface area contributed by atoms with Gasteiger partial charge in [-0.05, 0) is 13.8 Å². The van der Waals surface area contributed by atoms with Crippen molar-refractivity contribution in [2.75, 3.05) is 12.4 Å². The van der Waals surface area contributed by atoms with Crippen molar-refractivity contribution in [1.29, 1.82) is 0 Å². The van der Waals surface area contributed by atoms with Crippen LogP contribution in [0.4, 0.5) is 0 Å². The molecule has 0 radical (unpaired) electrons. The first-order chi connectivity index (χ1) is 8.82. The summed E-state index contributed by atoms with van der Waals surface area (Å²) in [7, 11) is 0. The van der Waals surface area contributed by atoms with Crippen molar-refractivity contribution in [3.05, 3.63) is 21.9 Å². The third-order valence-corrected chi connectivity index (χ3v) is 2.94. The highest BCUT2D eigenvalue weighted by Gasteiger charge is 2.36. The summed E-state index contributed by atoms with van der Waals surface area (Å²) in [5, 5.41) is 9.44. The molecule has 0 atom stereocenters. The number of hydrogen-bond acceptors (Lipinski definition) is 5. The molecule has 0 spiro atoms. The van der Waals surface area contributed by atoms with Gasteiger partial charge in [0.2, 0.25) is 5.78 Å². The third-order valence-electron chi connectivity index (χ3n) is 2.40. The molecule has 0 fully saturated rings. The van der Waals surface area contributed by atoms with Crippen LogP contribution < -0.4 is 0 Å². The van der Waals surface area contributed by atoms with E-state index in [-0.39, 0.29) is 29.3 Å². The van der Waals surface area contributed by atoms with Gasteiger partial charge in [-0.25, -0.2) is 0 Å². The van der Waals surface area contributed by atoms with Crippen LogP contribution >= 0.6 is 23.2 Å². The van der Waals surface area contributed by atoms with Gasteiger partial charge in [-0.15, -0.1) is 11.6 Å². The number of aliphatic hydroxyl groups excluding tert-OH is 1. The highest BCUT2D eigenvalue weighted by molar-refractivity contribution is 6.63. The van der Waals surface area contributed by atoms with Crippen molar-refractivity contribution in [1.82, 2.24) is 0 Å². The van der Waals surface area contributed by atoms with E-state index >= 15 is 0 Å². The van der Waals surface area contributed by atoms with Crippen LogP contribution in [0.5, 0.6) is 0 Å². The molecule has 1 N–H and O–H groups in total. The summed E-state index contributed by atoms with van der Waals surface area (Å²) in [4.78, 5) is 38.9. The van der Waals surface area contributed by atoms with E-state index in [1.165, 1.54) is 0 Å². The van der Waals surface area contributed by atoms with Gasteiger partial charge in [0, 0.05) is 5.88 Å². The summed E-state index contributed by atoms with van der Waals surface area (Å²) < 4.78 is 0. The van der Waals surface area contributed by atoms with Gasteiger partial charge < -0.3 is 5.11 Å². The molecule has 1 aliphatic rings. The molecule has 1 rings (SSSR count). The number of aliphatic imine (C=N–C) groups is 1. The molecular weight excluding hydrogens is 293 g/mol. The standard InChI is InChI=1S/C12H11Cl2NO4/c1-5(16)7-9(14)11(18)8(6(2)17)10(12(7)19)15-4-3-13/h18H,3-4H2,1-2H3. The molecular formula is C12H11Cl2NO4. The van der Waals surface area contributed by atoms with Crippen LogP contribution in [-0.2, 0) is 14.4 Å². The number of carbonyl (C=O) groups excluding carboxylic acids is 3. The molecule has 7 heteroatoms. The number of ketones is 3. The number of halogens is 2. The SMILES string of the molecule is CC(=O)C1=C(O)C(Cl)=C(C(C)=O)C(=O)C1=NCCCl. The van der Waals surface area contributed by atoms with E-state index in [4.69, 9.17) is 23.2 Å². The maximum atomic E-state index is 12.1. The van der Waals surface area contributed by atoms with E-state index in [1.54, 1.807) is 0 Å². The van der Waals surface area contributed by atoms with Crippen LogP contribution in [0, 0.1) is 0 Å². The van der Waals surface area contributed by atoms with Crippen LogP contribution in [0.3, 0.4) is 0 Å². The second-order valence-corrected chi connectivity index (χ2v) is 4.53. The lowest BCUT2D eigenvalue weighted by atomic mass is 9.89. The summed E-state index contributed by atoms with van der Waals surface area (Å²) in [6.07, 6.45) is 0. The predicted octanol–water partition coefficient (Wildman–Crippen LogP) is 1.73. The van der Waals surface area contributed by atoms with Crippen molar-refractivity contribution in [2.24, 2.45) is 4.99 Å². The molecule has 19 heavy (non-hydrogen) atoms. The maximum Gasteiger partial charge on any atom is 0.217 e. The zero-order valence-corrected chi connectivity index (χ0v) is 11.8. The second kappa shape index (κ2) is 6.12. The molecule has 0 saturated heterocycles. The van der Waals surface area contributed by atoms with Gasteiger partial charge in [-0.3, -0.25) is 19.4 Å². The normalized spacial score (nSPS) is 18.3. The molecule has 0 bridgehead atoms. The third kappa shape index (κ3) is 2.93. The summed E-state index contributed by atoms with van der Waals surface area (Å²) in [5.41, 5.74) is -0.942. The number of carbonyl (C=O) groups is 3. The van der Waals surface area contributed by atoms with Gasteiger partial charge in [-0.1, -0.05) is 11.6 Å². The number of alkyl halides is 1. The average Bonchev–Trinajstić information content (AvgIpc) is 2.31. The monoisotopic (exact) mass is 303 g/mol. The largest absolute Gasteiger partial charge is 0.506 e. The van der Waals surface area contributed by atoms with Gasteiger partial charge in [0.1, 0.15) is 11.5 Å². The molecule has 1 aliphatic carbocycles. The highest BCUT2D eigenvalue weighted by Crippen LogP contribution is 2.29. The van der Waals surface area contributed by atoms with Crippen LogP contribution in [0.1, 0.15) is 13.8 Å². The molecule has 0 aromatic heterocycles. The number of allylic oxidation sites excluding steroid dienone is 3. The van der Waals surface area contributed by atoms with E-state index in [9.17, 15) is 19.5 Å². The zero-order valence-electron chi connectivity index (χ0n) is 10.3. The van der Waals surface area contributed by atoms with E-state index < -0.39 is 28.1 Å². The van der Waals surface area contributed by atoms with Crippen molar-refractivity contribution in [2.45, 2.75) is 13.8 Å². The fourth-order valence-corrected chi connectivity index (χ4v) is 2.02. The zero-order chi connectivity index (χ0) is 14.7. The Balaban J connectivity index is 3.57. The molecule has 0 aromatic carbocycles. The van der Waals surface area contributed by atoms with E-state index in [2.05, 4.69) is 4.99 Å². The Hall–Kier alpha value is -1.46. The lowest BCUT2D eigenvalue weighted by Crippen LogP contribution is -2.31. The molecule has 5 nitrogen and oxygen atoms in total. The molecule has 102 valence electrons. The lowest BCUT2D eigenvalue weighted by molar-refractivity contribution is -0.118. The predicted molar refractivity (Wildman–Crippen MR) is 71.9 cm³/mol. The molecule has 0 amide bonds. The highest BCUT2D eigenvalue weighted by atomic mass is 35.5. The Kier molecular flexibility index (Phi) is 5.03. The number of aliphatic hydroxyl groups is 1. The van der Waals surface area contributed by atoms with Gasteiger partial charge in [0.15, 0.2) is 11.6 Å². The number of hydrogen-bond donors (Lipinski definition) is 1. The molecule has 0 unspecified atom stereocenters. The number of rotatable bonds is 4.